The van der Waals surface area contributed by atoms with Gasteiger partial charge in [-0.3, -0.25) is 0 Å². The Labute approximate surface area is 543 Å². The first kappa shape index (κ1) is 71.6. The number of carbonyl (C=O) groups excluding carboxylic acids is 8. The fraction of sp³-hybridized carbons (Fsp3) is 0.787. The van der Waals surface area contributed by atoms with Gasteiger partial charge in [0.25, 0.3) is 0 Å². The summed E-state index contributed by atoms with van der Waals surface area (Å²) in [5.74, 6) is 5.37. The van der Waals surface area contributed by atoms with Crippen molar-refractivity contribution in [3.63, 3.8) is 0 Å². The molecule has 16 saturated carbocycles. The van der Waals surface area contributed by atoms with Crippen molar-refractivity contribution in [2.24, 2.45) is 106 Å². The number of rotatable bonds is 20. The molecule has 91 heavy (non-hydrogen) atoms. The highest BCUT2D eigenvalue weighted by Gasteiger charge is 2.65. The Morgan fingerprint density at radius 1 is 0.396 bits per heavy atom. The third-order valence-corrected chi connectivity index (χ3v) is 25.4. The molecule has 16 aliphatic rings. The van der Waals surface area contributed by atoms with E-state index in [1.54, 1.807) is 13.8 Å². The van der Waals surface area contributed by atoms with E-state index in [9.17, 15) is 38.4 Å². The Balaban J connectivity index is 0.000000156. The summed E-state index contributed by atoms with van der Waals surface area (Å²) in [6.45, 7) is 33.3. The fourth-order valence-electron chi connectivity index (χ4n) is 22.0. The largest absolute Gasteiger partial charge is 0.456 e. The van der Waals surface area contributed by atoms with Gasteiger partial charge in [0.15, 0.2) is 26.4 Å². The molecule has 16 aliphatic carbocycles. The Bertz CT molecular complexity index is 2680. The first-order valence-electron chi connectivity index (χ1n) is 34.5. The molecule has 0 heterocycles. The molecule has 0 aliphatic heterocycles. The monoisotopic (exact) mass is 1270 g/mol. The maximum Gasteiger partial charge on any atom is 0.344 e. The van der Waals surface area contributed by atoms with E-state index >= 15 is 0 Å². The third-order valence-electron chi connectivity index (χ3n) is 25.4. The van der Waals surface area contributed by atoms with Crippen LogP contribution in [0, 0.1) is 106 Å². The zero-order valence-corrected chi connectivity index (χ0v) is 56.1. The topological polar surface area (TPSA) is 210 Å². The van der Waals surface area contributed by atoms with Gasteiger partial charge < -0.3 is 37.9 Å². The molecule has 0 aromatic carbocycles. The molecule has 16 nitrogen and oxygen atoms in total. The van der Waals surface area contributed by atoms with Crippen molar-refractivity contribution in [1.29, 1.82) is 0 Å². The molecule has 0 radical (unpaired) electrons. The van der Waals surface area contributed by atoms with Gasteiger partial charge in [0.1, 0.15) is 22.4 Å². The lowest BCUT2D eigenvalue weighted by molar-refractivity contribution is -0.230. The van der Waals surface area contributed by atoms with Crippen LogP contribution in [0.25, 0.3) is 0 Å². The van der Waals surface area contributed by atoms with Gasteiger partial charge >= 0.3 is 47.8 Å². The molecule has 16 rings (SSSR count). The normalized spacial score (nSPS) is 40.0. The summed E-state index contributed by atoms with van der Waals surface area (Å²) in [5, 5.41) is 0. The third kappa shape index (κ3) is 15.0. The zero-order valence-electron chi connectivity index (χ0n) is 56.1. The van der Waals surface area contributed by atoms with Gasteiger partial charge in [0.05, 0.1) is 0 Å². The van der Waals surface area contributed by atoms with Crippen molar-refractivity contribution in [2.45, 2.75) is 240 Å². The molecular weight excluding hydrogens is 1160 g/mol. The van der Waals surface area contributed by atoms with Gasteiger partial charge in [0.2, 0.25) is 0 Å². The highest BCUT2D eigenvalue weighted by Crippen LogP contribution is 2.67. The minimum absolute atomic E-state index is 0. The predicted octanol–water partition coefficient (Wildman–Crippen LogP) is 14.1. The van der Waals surface area contributed by atoms with Crippen molar-refractivity contribution in [2.75, 3.05) is 26.4 Å². The molecule has 16 bridgehead atoms. The summed E-state index contributed by atoms with van der Waals surface area (Å²) in [7, 11) is 0. The first-order valence-corrected chi connectivity index (χ1v) is 34.5. The molecule has 6 atom stereocenters. The van der Waals surface area contributed by atoms with Crippen LogP contribution >= 0.6 is 0 Å². The van der Waals surface area contributed by atoms with Crippen LogP contribution in [-0.2, 0) is 76.3 Å². The van der Waals surface area contributed by atoms with Gasteiger partial charge in [-0.05, 0) is 274 Å². The zero-order chi connectivity index (χ0) is 65.5. The van der Waals surface area contributed by atoms with Crippen LogP contribution in [0.3, 0.4) is 0 Å². The van der Waals surface area contributed by atoms with E-state index < -0.39 is 47.8 Å². The van der Waals surface area contributed by atoms with Crippen LogP contribution in [0.4, 0.5) is 0 Å². The van der Waals surface area contributed by atoms with Crippen molar-refractivity contribution in [1.82, 2.24) is 0 Å². The summed E-state index contributed by atoms with van der Waals surface area (Å²) >= 11 is 0. The lowest BCUT2D eigenvalue weighted by atomic mass is 9.45. The van der Waals surface area contributed by atoms with E-state index in [1.807, 2.05) is 0 Å². The van der Waals surface area contributed by atoms with E-state index in [-0.39, 0.29) is 56.3 Å². The van der Waals surface area contributed by atoms with Gasteiger partial charge in [0, 0.05) is 23.3 Å². The second-order valence-electron chi connectivity index (χ2n) is 31.8. The van der Waals surface area contributed by atoms with Crippen molar-refractivity contribution >= 4 is 47.8 Å². The quantitative estimate of drug-likeness (QED) is 0.0630. The number of ether oxygens (including phenoxy) is 8. The number of carbonyl (C=O) groups is 8. The summed E-state index contributed by atoms with van der Waals surface area (Å²) in [4.78, 5) is 94.0. The van der Waals surface area contributed by atoms with Gasteiger partial charge in [-0.25, -0.2) is 38.4 Å². The highest BCUT2D eigenvalue weighted by atomic mass is 16.6. The maximum atomic E-state index is 12.5. The van der Waals surface area contributed by atoms with Gasteiger partial charge in [-0.15, -0.1) is 0 Å². The lowest BCUT2D eigenvalue weighted by Gasteiger charge is -2.62. The summed E-state index contributed by atoms with van der Waals surface area (Å²) in [6.07, 6.45) is 28.3. The number of esters is 8. The summed E-state index contributed by atoms with van der Waals surface area (Å²) in [6, 6.07) is 0. The lowest BCUT2D eigenvalue weighted by Crippen LogP contribution is -2.62. The standard InChI is InChI=1S/C20H30O4.C19H28O4.C18H26O4.C17H24O4.CH4/c1-5-13(4)20(24-18(21)11-23-19(22)12(2)3)16-7-14-6-15(9-16)10-17(20)8-14;1-4-12(3)19(23-18(21)11-22-17(20)5-2)15-7-13-6-14(9-15)10-16(19)8-13;1-11(2)16(20)21-10-15(19)22-18(4)13-5-12-6-14(18)9-17(3,7-12)8-13;1-4-14(18)20-10-15(19)21-17(3)12-5-11-6-13(17)9-16(2,7-11)8-12;/h13-17H,2,5-11H2,1,3-4H3;5,12-16H,2,4,6-11H2,1,3H3;12-14H,1,5-10H2,2-4H3;4,11-13H,1,5-10H2,2-3H3;1H4. The molecule has 0 aromatic heterocycles. The number of hydrogen-bond acceptors (Lipinski definition) is 16. The Morgan fingerprint density at radius 2 is 0.648 bits per heavy atom. The van der Waals surface area contributed by atoms with E-state index in [0.29, 0.717) is 81.2 Å². The maximum absolute atomic E-state index is 12.5. The first-order chi connectivity index (χ1) is 42.4. The average molecular weight is 1270 g/mol. The Hall–Kier alpha value is -5.28. The summed E-state index contributed by atoms with van der Waals surface area (Å²) in [5.41, 5.74) is 0.00838. The number of hydrogen-bond donors (Lipinski definition) is 0. The molecule has 0 aromatic rings. The smallest absolute Gasteiger partial charge is 0.344 e. The fourth-order valence-corrected chi connectivity index (χ4v) is 22.0. The minimum Gasteiger partial charge on any atom is -0.456 e. The molecule has 0 saturated heterocycles. The predicted molar refractivity (Wildman–Crippen MR) is 344 cm³/mol. The van der Waals surface area contributed by atoms with E-state index in [4.69, 9.17) is 37.9 Å². The molecule has 16 fully saturated rings. The minimum atomic E-state index is -0.588. The van der Waals surface area contributed by atoms with E-state index in [1.165, 1.54) is 103 Å². The average Bonchev–Trinajstić information content (AvgIpc) is 0.754. The van der Waals surface area contributed by atoms with Crippen molar-refractivity contribution in [3.05, 3.63) is 49.6 Å². The van der Waals surface area contributed by atoms with Crippen LogP contribution in [-0.4, -0.2) is 96.6 Å². The molecule has 16 heteroatoms. The van der Waals surface area contributed by atoms with Crippen LogP contribution in [0.15, 0.2) is 49.6 Å². The van der Waals surface area contributed by atoms with Crippen molar-refractivity contribution in [3.8, 4) is 0 Å². The van der Waals surface area contributed by atoms with Crippen molar-refractivity contribution < 1.29 is 76.3 Å². The molecule has 6 unspecified atom stereocenters. The van der Waals surface area contributed by atoms with E-state index in [2.05, 4.69) is 81.7 Å². The Kier molecular flexibility index (Phi) is 22.3. The second kappa shape index (κ2) is 28.4. The SMILES string of the molecule is C.C=C(C)C(=O)OCC(=O)OC1(C(C)CC)C2CC3CC(C2)CC1C3.C=C(C)C(=O)OCC(=O)OC1(C)C2CC3CC1CC(C)(C3)C2.C=CC(=O)OCC(=O)OC1(C(C)CC)C2CC3CC(C2)CC1C3.C=CC(=O)OCC(=O)OC1(C)C2CC3CC1CC(C)(C3)C2. The van der Waals surface area contributed by atoms with Gasteiger partial charge in [-0.2, -0.15) is 0 Å². The molecule has 0 N–H and O–H groups in total. The second-order valence-corrected chi connectivity index (χ2v) is 31.8. The highest BCUT2D eigenvalue weighted by molar-refractivity contribution is 5.89. The van der Waals surface area contributed by atoms with Crippen LogP contribution < -0.4 is 0 Å². The summed E-state index contributed by atoms with van der Waals surface area (Å²) < 4.78 is 43.5. The molecular formula is C75H112O16. The van der Waals surface area contributed by atoms with E-state index in [0.717, 1.165) is 86.2 Å². The molecule has 0 amide bonds. The van der Waals surface area contributed by atoms with Crippen LogP contribution in [0.2, 0.25) is 0 Å². The van der Waals surface area contributed by atoms with Crippen LogP contribution in [0.1, 0.15) is 218 Å². The molecule has 0 spiro atoms. The van der Waals surface area contributed by atoms with Crippen LogP contribution in [0.5, 0.6) is 0 Å². The molecule has 508 valence electrons. The van der Waals surface area contributed by atoms with Gasteiger partial charge in [-0.1, -0.05) is 75.3 Å². The Morgan fingerprint density at radius 3 is 0.890 bits per heavy atom.